The van der Waals surface area contributed by atoms with E-state index < -0.39 is 11.5 Å². The van der Waals surface area contributed by atoms with Crippen LogP contribution in [0.4, 0.5) is 0 Å². The van der Waals surface area contributed by atoms with Crippen molar-refractivity contribution >= 4 is 5.91 Å². The second-order valence-electron chi connectivity index (χ2n) is 3.96. The van der Waals surface area contributed by atoms with Gasteiger partial charge in [0.25, 0.3) is 0 Å². The van der Waals surface area contributed by atoms with Crippen molar-refractivity contribution in [2.45, 2.75) is 64.4 Å². The van der Waals surface area contributed by atoms with Gasteiger partial charge in [0.2, 0.25) is 5.91 Å². The lowest BCUT2D eigenvalue weighted by Crippen LogP contribution is -2.43. The molecule has 0 aromatic heterocycles. The van der Waals surface area contributed by atoms with Crippen LogP contribution in [0.1, 0.15) is 58.8 Å². The molecule has 0 aliphatic rings. The maximum atomic E-state index is 11.1. The predicted molar refractivity (Wildman–Crippen MR) is 57.8 cm³/mol. The van der Waals surface area contributed by atoms with E-state index in [4.69, 9.17) is 5.73 Å². The number of amides is 1. The monoisotopic (exact) mass is 201 g/mol. The maximum Gasteiger partial charge on any atom is 0.249 e. The Morgan fingerprint density at radius 1 is 1.14 bits per heavy atom. The fourth-order valence-electron chi connectivity index (χ4n) is 1.51. The van der Waals surface area contributed by atoms with Gasteiger partial charge >= 0.3 is 0 Å². The molecule has 3 N–H and O–H groups in total. The van der Waals surface area contributed by atoms with Crippen molar-refractivity contribution in [3.05, 3.63) is 0 Å². The minimum absolute atomic E-state index is 0.503. The van der Waals surface area contributed by atoms with Gasteiger partial charge in [-0.3, -0.25) is 4.79 Å². The van der Waals surface area contributed by atoms with Gasteiger partial charge in [0.1, 0.15) is 5.60 Å². The number of carbonyl (C=O) groups excluding carboxylic acids is 1. The van der Waals surface area contributed by atoms with Crippen LogP contribution in [-0.4, -0.2) is 16.6 Å². The van der Waals surface area contributed by atoms with Crippen LogP contribution in [0.5, 0.6) is 0 Å². The zero-order valence-corrected chi connectivity index (χ0v) is 9.38. The average molecular weight is 201 g/mol. The van der Waals surface area contributed by atoms with Crippen molar-refractivity contribution in [2.24, 2.45) is 5.73 Å². The summed E-state index contributed by atoms with van der Waals surface area (Å²) in [5, 5.41) is 9.97. The first-order valence-corrected chi connectivity index (χ1v) is 5.59. The number of primary amides is 1. The van der Waals surface area contributed by atoms with E-state index >= 15 is 0 Å². The molecule has 3 heteroatoms. The van der Waals surface area contributed by atoms with E-state index in [1.165, 1.54) is 0 Å². The molecule has 0 bridgehead atoms. The zero-order chi connectivity index (χ0) is 11.0. The first-order chi connectivity index (χ1) is 6.56. The van der Waals surface area contributed by atoms with Gasteiger partial charge in [-0.1, -0.05) is 46.0 Å². The molecular weight excluding hydrogens is 178 g/mol. The van der Waals surface area contributed by atoms with Crippen LogP contribution in [0.2, 0.25) is 0 Å². The van der Waals surface area contributed by atoms with Crippen LogP contribution in [0.25, 0.3) is 0 Å². The molecule has 0 heterocycles. The molecule has 1 amide bonds. The molecule has 0 aliphatic carbocycles. The molecule has 0 aromatic carbocycles. The van der Waals surface area contributed by atoms with Gasteiger partial charge in [0, 0.05) is 0 Å². The number of rotatable bonds is 8. The van der Waals surface area contributed by atoms with Crippen LogP contribution >= 0.6 is 0 Å². The molecule has 0 saturated carbocycles. The highest BCUT2D eigenvalue weighted by Crippen LogP contribution is 2.21. The second kappa shape index (κ2) is 6.82. The number of hydrogen-bond acceptors (Lipinski definition) is 2. The number of unbranched alkanes of at least 4 members (excludes halogenated alkanes) is 3. The Labute approximate surface area is 86.7 Å². The van der Waals surface area contributed by atoms with Crippen molar-refractivity contribution in [3.63, 3.8) is 0 Å². The molecule has 3 nitrogen and oxygen atoms in total. The van der Waals surface area contributed by atoms with E-state index in [0.717, 1.165) is 32.1 Å². The third kappa shape index (κ3) is 4.61. The van der Waals surface area contributed by atoms with Crippen molar-refractivity contribution in [3.8, 4) is 0 Å². The third-order valence-corrected chi connectivity index (χ3v) is 2.60. The minimum Gasteiger partial charge on any atom is -0.380 e. The molecule has 1 atom stereocenters. The van der Waals surface area contributed by atoms with Gasteiger partial charge in [-0.05, 0) is 12.8 Å². The van der Waals surface area contributed by atoms with Crippen LogP contribution in [-0.2, 0) is 4.79 Å². The van der Waals surface area contributed by atoms with Crippen LogP contribution in [0, 0.1) is 0 Å². The largest absolute Gasteiger partial charge is 0.380 e. The van der Waals surface area contributed by atoms with Crippen molar-refractivity contribution < 1.29 is 9.90 Å². The molecule has 0 aliphatic heterocycles. The van der Waals surface area contributed by atoms with Gasteiger partial charge < -0.3 is 10.8 Å². The van der Waals surface area contributed by atoms with Gasteiger partial charge in [-0.15, -0.1) is 0 Å². The Balaban J connectivity index is 4.03. The smallest absolute Gasteiger partial charge is 0.249 e. The molecule has 0 saturated heterocycles. The molecule has 14 heavy (non-hydrogen) atoms. The molecule has 0 fully saturated rings. The fourth-order valence-corrected chi connectivity index (χ4v) is 1.51. The third-order valence-electron chi connectivity index (χ3n) is 2.60. The quantitative estimate of drug-likeness (QED) is 0.590. The highest BCUT2D eigenvalue weighted by atomic mass is 16.3. The maximum absolute atomic E-state index is 11.1. The Morgan fingerprint density at radius 3 is 2.07 bits per heavy atom. The standard InChI is InChI=1S/C11H23NO2/c1-3-5-7-9-11(14,10(12)13)8-6-4-2/h14H,3-9H2,1-2H3,(H2,12,13)/t11-/m1/s1. The molecule has 0 rings (SSSR count). The van der Waals surface area contributed by atoms with E-state index in [1.54, 1.807) is 0 Å². The highest BCUT2D eigenvalue weighted by molar-refractivity contribution is 5.83. The number of hydrogen-bond donors (Lipinski definition) is 2. The molecule has 0 spiro atoms. The summed E-state index contributed by atoms with van der Waals surface area (Å²) < 4.78 is 0. The lowest BCUT2D eigenvalue weighted by atomic mass is 9.90. The number of nitrogens with two attached hydrogens (primary N) is 1. The van der Waals surface area contributed by atoms with Crippen molar-refractivity contribution in [1.82, 2.24) is 0 Å². The lowest BCUT2D eigenvalue weighted by Gasteiger charge is -2.24. The molecule has 84 valence electrons. The molecule has 0 radical (unpaired) electrons. The fraction of sp³-hybridized carbons (Fsp3) is 0.909. The summed E-state index contributed by atoms with van der Waals surface area (Å²) in [6, 6.07) is 0. The normalized spacial score (nSPS) is 15.1. The van der Waals surface area contributed by atoms with Gasteiger partial charge in [0.05, 0.1) is 0 Å². The Morgan fingerprint density at radius 2 is 1.64 bits per heavy atom. The van der Waals surface area contributed by atoms with E-state index in [2.05, 4.69) is 6.92 Å². The predicted octanol–water partition coefficient (Wildman–Crippen LogP) is 1.97. The van der Waals surface area contributed by atoms with Crippen LogP contribution in [0.15, 0.2) is 0 Å². The lowest BCUT2D eigenvalue weighted by molar-refractivity contribution is -0.138. The average Bonchev–Trinajstić information content (AvgIpc) is 2.15. The van der Waals surface area contributed by atoms with Crippen LogP contribution < -0.4 is 5.73 Å². The summed E-state index contributed by atoms with van der Waals surface area (Å²) >= 11 is 0. The summed E-state index contributed by atoms with van der Waals surface area (Å²) in [7, 11) is 0. The van der Waals surface area contributed by atoms with Gasteiger partial charge in [-0.2, -0.15) is 0 Å². The van der Waals surface area contributed by atoms with E-state index in [-0.39, 0.29) is 0 Å². The molecular formula is C11H23NO2. The SMILES string of the molecule is CCCCC[C@](O)(CCCC)C(N)=O. The number of aliphatic hydroxyl groups is 1. The Bertz CT molecular complexity index is 171. The Kier molecular flexibility index (Phi) is 6.54. The second-order valence-corrected chi connectivity index (χ2v) is 3.96. The zero-order valence-electron chi connectivity index (χ0n) is 9.38. The number of carbonyl (C=O) groups is 1. The summed E-state index contributed by atoms with van der Waals surface area (Å²) in [6.07, 6.45) is 5.84. The summed E-state index contributed by atoms with van der Waals surface area (Å²) in [4.78, 5) is 11.1. The van der Waals surface area contributed by atoms with Gasteiger partial charge in [0.15, 0.2) is 0 Å². The summed E-state index contributed by atoms with van der Waals surface area (Å²) in [5.41, 5.74) is 3.95. The summed E-state index contributed by atoms with van der Waals surface area (Å²) in [5.74, 6) is -0.568. The van der Waals surface area contributed by atoms with E-state index in [9.17, 15) is 9.90 Å². The van der Waals surface area contributed by atoms with Crippen molar-refractivity contribution in [2.75, 3.05) is 0 Å². The molecule has 0 aromatic rings. The highest BCUT2D eigenvalue weighted by Gasteiger charge is 2.31. The topological polar surface area (TPSA) is 63.3 Å². The van der Waals surface area contributed by atoms with Gasteiger partial charge in [-0.25, -0.2) is 0 Å². The van der Waals surface area contributed by atoms with Crippen molar-refractivity contribution in [1.29, 1.82) is 0 Å². The summed E-state index contributed by atoms with van der Waals surface area (Å²) in [6.45, 7) is 4.13. The molecule has 0 unspecified atom stereocenters. The minimum atomic E-state index is -1.26. The Hall–Kier alpha value is -0.570. The first kappa shape index (κ1) is 13.4. The van der Waals surface area contributed by atoms with Crippen LogP contribution in [0.3, 0.4) is 0 Å². The van der Waals surface area contributed by atoms with E-state index in [0.29, 0.717) is 12.8 Å². The first-order valence-electron chi connectivity index (χ1n) is 5.59. The van der Waals surface area contributed by atoms with E-state index in [1.807, 2.05) is 6.92 Å².